The number of aromatic amines is 1. The van der Waals surface area contributed by atoms with Gasteiger partial charge in [-0.15, -0.1) is 10.2 Å². The molecule has 0 saturated carbocycles. The number of aromatic nitrogens is 4. The van der Waals surface area contributed by atoms with E-state index in [1.807, 2.05) is 37.3 Å². The van der Waals surface area contributed by atoms with Crippen LogP contribution in [0, 0.1) is 0 Å². The zero-order valence-corrected chi connectivity index (χ0v) is 19.3. The summed E-state index contributed by atoms with van der Waals surface area (Å²) in [5.74, 6) is -0.233. The molecule has 2 heterocycles. The van der Waals surface area contributed by atoms with E-state index in [1.165, 1.54) is 16.6 Å². The van der Waals surface area contributed by atoms with Crippen LogP contribution in [-0.2, 0) is 16.1 Å². The molecule has 3 N–H and O–H groups in total. The SMILES string of the molecule is CCCCn1c(N)c(N(CCOC)C(=O)CSc2nnc(-c3ccccc3)o2)c(=O)[nH]c1=O. The van der Waals surface area contributed by atoms with Gasteiger partial charge >= 0.3 is 5.69 Å². The molecule has 0 fully saturated rings. The zero-order chi connectivity index (χ0) is 23.8. The zero-order valence-electron chi connectivity index (χ0n) is 18.4. The van der Waals surface area contributed by atoms with Crippen LogP contribution >= 0.6 is 11.8 Å². The number of carbonyl (C=O) groups excluding carboxylic acids is 1. The highest BCUT2D eigenvalue weighted by Crippen LogP contribution is 2.24. The van der Waals surface area contributed by atoms with Gasteiger partial charge < -0.3 is 19.8 Å². The standard InChI is InChI=1S/C21H26N6O5S/c1-3-4-10-27-17(22)16(18(29)23-20(27)30)26(11-12-31-2)15(28)13-33-21-25-24-19(32-21)14-8-6-5-7-9-14/h5-9H,3-4,10-13,22H2,1-2H3,(H,23,29,30). The van der Waals surface area contributed by atoms with Crippen molar-refractivity contribution in [3.05, 3.63) is 51.2 Å². The molecule has 3 aromatic rings. The molecule has 0 aliphatic heterocycles. The van der Waals surface area contributed by atoms with E-state index in [1.54, 1.807) is 0 Å². The summed E-state index contributed by atoms with van der Waals surface area (Å²) in [7, 11) is 1.48. The number of thioether (sulfide) groups is 1. The first kappa shape index (κ1) is 24.3. The van der Waals surface area contributed by atoms with Gasteiger partial charge in [-0.2, -0.15) is 0 Å². The van der Waals surface area contributed by atoms with Crippen LogP contribution in [-0.4, -0.2) is 51.7 Å². The molecule has 0 aliphatic carbocycles. The maximum Gasteiger partial charge on any atom is 0.330 e. The summed E-state index contributed by atoms with van der Waals surface area (Å²) < 4.78 is 12.0. The molecule has 1 aromatic carbocycles. The molecular weight excluding hydrogens is 448 g/mol. The van der Waals surface area contributed by atoms with Gasteiger partial charge in [-0.25, -0.2) is 4.79 Å². The minimum atomic E-state index is -0.733. The Balaban J connectivity index is 1.82. The Kier molecular flexibility index (Phi) is 8.44. The minimum Gasteiger partial charge on any atom is -0.411 e. The van der Waals surface area contributed by atoms with E-state index in [2.05, 4.69) is 15.2 Å². The summed E-state index contributed by atoms with van der Waals surface area (Å²) in [6.07, 6.45) is 1.52. The summed E-state index contributed by atoms with van der Waals surface area (Å²) in [5, 5.41) is 8.18. The molecule has 0 atom stereocenters. The number of ether oxygens (including phenoxy) is 1. The Hall–Kier alpha value is -3.38. The second-order valence-corrected chi connectivity index (χ2v) is 7.99. The molecule has 0 spiro atoms. The summed E-state index contributed by atoms with van der Waals surface area (Å²) in [6.45, 7) is 2.55. The first-order valence-electron chi connectivity index (χ1n) is 10.4. The molecule has 11 nitrogen and oxygen atoms in total. The van der Waals surface area contributed by atoms with E-state index >= 15 is 0 Å². The van der Waals surface area contributed by atoms with Gasteiger partial charge in [0, 0.05) is 25.8 Å². The van der Waals surface area contributed by atoms with E-state index in [9.17, 15) is 14.4 Å². The Morgan fingerprint density at radius 3 is 2.73 bits per heavy atom. The van der Waals surface area contributed by atoms with E-state index in [4.69, 9.17) is 14.9 Å². The van der Waals surface area contributed by atoms with Crippen LogP contribution in [0.25, 0.3) is 11.5 Å². The van der Waals surface area contributed by atoms with Gasteiger partial charge in [-0.3, -0.25) is 19.1 Å². The minimum absolute atomic E-state index is 0.0594. The number of nitrogen functional groups attached to an aromatic ring is 1. The fraction of sp³-hybridized carbons (Fsp3) is 0.381. The number of unbranched alkanes of at least 4 members (excludes halogenated alkanes) is 1. The number of amides is 1. The van der Waals surface area contributed by atoms with Crippen molar-refractivity contribution in [2.24, 2.45) is 0 Å². The summed E-state index contributed by atoms with van der Waals surface area (Å²) in [4.78, 5) is 41.4. The van der Waals surface area contributed by atoms with Crippen LogP contribution in [0.3, 0.4) is 0 Å². The third-order valence-electron chi connectivity index (χ3n) is 4.79. The normalized spacial score (nSPS) is 11.0. The quantitative estimate of drug-likeness (QED) is 0.396. The number of rotatable bonds is 11. The first-order chi connectivity index (χ1) is 16.0. The third kappa shape index (κ3) is 5.90. The number of nitrogens with two attached hydrogens (primary N) is 1. The molecule has 0 bridgehead atoms. The summed E-state index contributed by atoms with van der Waals surface area (Å²) in [6, 6.07) is 9.25. The molecule has 2 aromatic heterocycles. The lowest BCUT2D eigenvalue weighted by molar-refractivity contribution is -0.116. The fourth-order valence-corrected chi connectivity index (χ4v) is 3.73. The lowest BCUT2D eigenvalue weighted by atomic mass is 10.2. The molecule has 176 valence electrons. The van der Waals surface area contributed by atoms with Crippen LogP contribution < -0.4 is 21.9 Å². The maximum atomic E-state index is 13.1. The summed E-state index contributed by atoms with van der Waals surface area (Å²) in [5.41, 5.74) is 5.51. The second kappa shape index (κ2) is 11.5. The van der Waals surface area contributed by atoms with Crippen molar-refractivity contribution >= 4 is 29.2 Å². The van der Waals surface area contributed by atoms with Crippen LogP contribution in [0.4, 0.5) is 11.5 Å². The molecule has 12 heteroatoms. The lowest BCUT2D eigenvalue weighted by Crippen LogP contribution is -2.43. The van der Waals surface area contributed by atoms with Crippen LogP contribution in [0.5, 0.6) is 0 Å². The predicted molar refractivity (Wildman–Crippen MR) is 125 cm³/mol. The van der Waals surface area contributed by atoms with Crippen LogP contribution in [0.15, 0.2) is 49.6 Å². The van der Waals surface area contributed by atoms with Crippen molar-refractivity contribution < 1.29 is 13.9 Å². The fourth-order valence-electron chi connectivity index (χ4n) is 3.09. The highest BCUT2D eigenvalue weighted by atomic mass is 32.2. The van der Waals surface area contributed by atoms with Crippen molar-refractivity contribution in [2.75, 3.05) is 36.6 Å². The number of hydrogen-bond acceptors (Lipinski definition) is 9. The number of methoxy groups -OCH3 is 1. The van der Waals surface area contributed by atoms with Crippen molar-refractivity contribution in [3.63, 3.8) is 0 Å². The molecule has 0 aliphatic rings. The summed E-state index contributed by atoms with van der Waals surface area (Å²) >= 11 is 1.04. The molecule has 33 heavy (non-hydrogen) atoms. The second-order valence-electron chi connectivity index (χ2n) is 7.06. The average molecular weight is 475 g/mol. The Morgan fingerprint density at radius 2 is 2.03 bits per heavy atom. The van der Waals surface area contributed by atoms with E-state index in [0.717, 1.165) is 23.7 Å². The number of nitrogens with zero attached hydrogens (tertiary/aromatic N) is 4. The number of H-pyrrole nitrogens is 1. The molecule has 0 unspecified atom stereocenters. The number of benzene rings is 1. The van der Waals surface area contributed by atoms with E-state index in [-0.39, 0.29) is 35.6 Å². The van der Waals surface area contributed by atoms with Gasteiger partial charge in [0.05, 0.1) is 12.4 Å². The molecule has 3 rings (SSSR count). The van der Waals surface area contributed by atoms with E-state index < -0.39 is 17.2 Å². The van der Waals surface area contributed by atoms with Gasteiger partial charge in [0.2, 0.25) is 11.8 Å². The number of carbonyl (C=O) groups is 1. The number of hydrogen-bond donors (Lipinski definition) is 2. The molecule has 1 amide bonds. The molecule has 0 radical (unpaired) electrons. The lowest BCUT2D eigenvalue weighted by Gasteiger charge is -2.24. The molecular formula is C21H26N6O5S. The Labute approximate surface area is 194 Å². The van der Waals surface area contributed by atoms with Gasteiger partial charge in [-0.1, -0.05) is 43.3 Å². The third-order valence-corrected chi connectivity index (χ3v) is 5.59. The maximum absolute atomic E-state index is 13.1. The van der Waals surface area contributed by atoms with Crippen molar-refractivity contribution in [3.8, 4) is 11.5 Å². The smallest absolute Gasteiger partial charge is 0.330 e. The van der Waals surface area contributed by atoms with Gasteiger partial charge in [0.15, 0.2) is 5.69 Å². The highest BCUT2D eigenvalue weighted by molar-refractivity contribution is 7.99. The van der Waals surface area contributed by atoms with Crippen LogP contribution in [0.2, 0.25) is 0 Å². The van der Waals surface area contributed by atoms with Crippen molar-refractivity contribution in [1.82, 2.24) is 19.7 Å². The Bertz CT molecular complexity index is 1190. The Morgan fingerprint density at radius 1 is 1.27 bits per heavy atom. The van der Waals surface area contributed by atoms with Crippen molar-refractivity contribution in [1.29, 1.82) is 0 Å². The van der Waals surface area contributed by atoms with E-state index in [0.29, 0.717) is 18.9 Å². The van der Waals surface area contributed by atoms with Gasteiger partial charge in [-0.05, 0) is 18.6 Å². The molecule has 0 saturated heterocycles. The largest absolute Gasteiger partial charge is 0.411 e. The highest BCUT2D eigenvalue weighted by Gasteiger charge is 2.25. The first-order valence-corrected chi connectivity index (χ1v) is 11.4. The van der Waals surface area contributed by atoms with Gasteiger partial charge in [0.25, 0.3) is 10.8 Å². The topological polar surface area (TPSA) is 149 Å². The average Bonchev–Trinajstić information content (AvgIpc) is 3.29. The van der Waals surface area contributed by atoms with Gasteiger partial charge in [0.1, 0.15) is 5.82 Å². The van der Waals surface area contributed by atoms with Crippen LogP contribution in [0.1, 0.15) is 19.8 Å². The number of nitrogens with one attached hydrogen (secondary N) is 1. The predicted octanol–water partition coefficient (Wildman–Crippen LogP) is 1.74. The van der Waals surface area contributed by atoms with Crippen molar-refractivity contribution in [2.45, 2.75) is 31.5 Å². The number of anilines is 2. The monoisotopic (exact) mass is 474 g/mol.